The Morgan fingerprint density at radius 2 is 2.32 bits per heavy atom. The Hall–Kier alpha value is -2.01. The molecule has 1 atom stereocenters. The SMILES string of the molecule is CCN1CCC[C@H]1CNC(=O)c1cc2cc(OC)ccc2[nH]1. The van der Waals surface area contributed by atoms with Gasteiger partial charge in [0, 0.05) is 23.5 Å². The second-order valence-electron chi connectivity index (χ2n) is 5.77. The average molecular weight is 301 g/mol. The zero-order valence-electron chi connectivity index (χ0n) is 13.2. The molecule has 0 unspecified atom stereocenters. The quantitative estimate of drug-likeness (QED) is 0.891. The summed E-state index contributed by atoms with van der Waals surface area (Å²) in [6.07, 6.45) is 2.39. The van der Waals surface area contributed by atoms with Gasteiger partial charge in [-0.15, -0.1) is 0 Å². The Morgan fingerprint density at radius 3 is 3.09 bits per heavy atom. The van der Waals surface area contributed by atoms with Crippen molar-refractivity contribution in [3.63, 3.8) is 0 Å². The zero-order chi connectivity index (χ0) is 15.5. The number of carbonyl (C=O) groups excluding carboxylic acids is 1. The number of nitrogens with zero attached hydrogens (tertiary/aromatic N) is 1. The van der Waals surface area contributed by atoms with Crippen LogP contribution in [0.15, 0.2) is 24.3 Å². The number of fused-ring (bicyclic) bond motifs is 1. The highest BCUT2D eigenvalue weighted by atomic mass is 16.5. The van der Waals surface area contributed by atoms with Crippen LogP contribution in [-0.2, 0) is 0 Å². The van der Waals surface area contributed by atoms with Crippen molar-refractivity contribution in [2.24, 2.45) is 0 Å². The molecule has 0 saturated carbocycles. The Labute approximate surface area is 130 Å². The Morgan fingerprint density at radius 1 is 1.45 bits per heavy atom. The Balaban J connectivity index is 1.67. The second-order valence-corrected chi connectivity index (χ2v) is 5.77. The van der Waals surface area contributed by atoms with E-state index in [1.165, 1.54) is 6.42 Å². The smallest absolute Gasteiger partial charge is 0.267 e. The lowest BCUT2D eigenvalue weighted by molar-refractivity contribution is 0.0937. The maximum atomic E-state index is 12.3. The molecule has 0 aliphatic carbocycles. The lowest BCUT2D eigenvalue weighted by atomic mass is 10.2. The van der Waals surface area contributed by atoms with Gasteiger partial charge in [-0.25, -0.2) is 0 Å². The van der Waals surface area contributed by atoms with Gasteiger partial charge in [0.2, 0.25) is 0 Å². The minimum Gasteiger partial charge on any atom is -0.497 e. The number of ether oxygens (including phenoxy) is 1. The number of rotatable bonds is 5. The van der Waals surface area contributed by atoms with Crippen LogP contribution >= 0.6 is 0 Å². The van der Waals surface area contributed by atoms with Crippen LogP contribution in [0.3, 0.4) is 0 Å². The maximum absolute atomic E-state index is 12.3. The van der Waals surface area contributed by atoms with Crippen LogP contribution in [0.1, 0.15) is 30.3 Å². The molecule has 1 aromatic carbocycles. The summed E-state index contributed by atoms with van der Waals surface area (Å²) in [7, 11) is 1.64. The molecule has 2 aromatic rings. The van der Waals surface area contributed by atoms with E-state index >= 15 is 0 Å². The summed E-state index contributed by atoms with van der Waals surface area (Å²) in [5.41, 5.74) is 1.55. The van der Waals surface area contributed by atoms with Crippen LogP contribution in [0.4, 0.5) is 0 Å². The van der Waals surface area contributed by atoms with E-state index in [0.29, 0.717) is 18.3 Å². The fourth-order valence-corrected chi connectivity index (χ4v) is 3.21. The molecule has 2 N–H and O–H groups in total. The molecule has 0 radical (unpaired) electrons. The van der Waals surface area contributed by atoms with Gasteiger partial charge < -0.3 is 15.0 Å². The van der Waals surface area contributed by atoms with E-state index in [9.17, 15) is 4.79 Å². The number of carbonyl (C=O) groups is 1. The van der Waals surface area contributed by atoms with E-state index in [2.05, 4.69) is 22.1 Å². The number of likely N-dealkylation sites (N-methyl/N-ethyl adjacent to an activating group) is 1. The molecular weight excluding hydrogens is 278 g/mol. The van der Waals surface area contributed by atoms with Crippen LogP contribution in [0.5, 0.6) is 5.75 Å². The van der Waals surface area contributed by atoms with E-state index in [0.717, 1.165) is 36.2 Å². The van der Waals surface area contributed by atoms with Crippen LogP contribution < -0.4 is 10.1 Å². The van der Waals surface area contributed by atoms with Crippen LogP contribution in [0.2, 0.25) is 0 Å². The van der Waals surface area contributed by atoms with Gasteiger partial charge in [-0.05, 0) is 50.2 Å². The third kappa shape index (κ3) is 2.95. The van der Waals surface area contributed by atoms with Crippen molar-refractivity contribution in [1.29, 1.82) is 0 Å². The number of likely N-dealkylation sites (tertiary alicyclic amines) is 1. The van der Waals surface area contributed by atoms with Crippen molar-refractivity contribution < 1.29 is 9.53 Å². The summed E-state index contributed by atoms with van der Waals surface area (Å²) in [6.45, 7) is 5.08. The number of aromatic nitrogens is 1. The topological polar surface area (TPSA) is 57.4 Å². The third-order valence-electron chi connectivity index (χ3n) is 4.48. The average Bonchev–Trinajstić information content (AvgIpc) is 3.17. The standard InChI is InChI=1S/C17H23N3O2/c1-3-20-8-4-5-13(20)11-18-17(21)16-10-12-9-14(22-2)6-7-15(12)19-16/h6-7,9-10,13,19H,3-5,8,11H2,1-2H3,(H,18,21)/t13-/m0/s1. The number of H-pyrrole nitrogens is 1. The number of hydrogen-bond acceptors (Lipinski definition) is 3. The van der Waals surface area contributed by atoms with Gasteiger partial charge in [0.15, 0.2) is 0 Å². The summed E-state index contributed by atoms with van der Waals surface area (Å²) < 4.78 is 5.21. The molecule has 1 saturated heterocycles. The molecule has 1 aliphatic rings. The molecule has 0 spiro atoms. The van der Waals surface area contributed by atoms with Crippen LogP contribution in [0.25, 0.3) is 10.9 Å². The first-order chi connectivity index (χ1) is 10.7. The first kappa shape index (κ1) is 14.9. The molecule has 2 heterocycles. The predicted molar refractivity (Wildman–Crippen MR) is 87.5 cm³/mol. The van der Waals surface area contributed by atoms with Crippen molar-refractivity contribution in [3.05, 3.63) is 30.0 Å². The largest absolute Gasteiger partial charge is 0.497 e. The summed E-state index contributed by atoms with van der Waals surface area (Å²) in [6, 6.07) is 8.09. The molecule has 1 aliphatic heterocycles. The molecule has 22 heavy (non-hydrogen) atoms. The highest BCUT2D eigenvalue weighted by Crippen LogP contribution is 2.21. The molecule has 118 valence electrons. The molecular formula is C17H23N3O2. The molecule has 3 rings (SSSR count). The number of methoxy groups -OCH3 is 1. The van der Waals surface area contributed by atoms with Crippen LogP contribution in [0, 0.1) is 0 Å². The fraction of sp³-hybridized carbons (Fsp3) is 0.471. The maximum Gasteiger partial charge on any atom is 0.267 e. The summed E-state index contributed by atoms with van der Waals surface area (Å²) >= 11 is 0. The van der Waals surface area contributed by atoms with Crippen molar-refractivity contribution in [1.82, 2.24) is 15.2 Å². The summed E-state index contributed by atoms with van der Waals surface area (Å²) in [4.78, 5) is 17.9. The molecule has 5 nitrogen and oxygen atoms in total. The van der Waals surface area contributed by atoms with Gasteiger partial charge in [0.05, 0.1) is 7.11 Å². The highest BCUT2D eigenvalue weighted by Gasteiger charge is 2.23. The van der Waals surface area contributed by atoms with E-state index in [1.54, 1.807) is 7.11 Å². The minimum absolute atomic E-state index is 0.0434. The normalized spacial score (nSPS) is 18.7. The summed E-state index contributed by atoms with van der Waals surface area (Å²) in [5, 5.41) is 4.04. The number of aromatic amines is 1. The monoisotopic (exact) mass is 301 g/mol. The molecule has 0 bridgehead atoms. The first-order valence-corrected chi connectivity index (χ1v) is 7.90. The first-order valence-electron chi connectivity index (χ1n) is 7.90. The molecule has 1 amide bonds. The predicted octanol–water partition coefficient (Wildman–Crippen LogP) is 2.39. The van der Waals surface area contributed by atoms with Gasteiger partial charge in [-0.3, -0.25) is 9.69 Å². The summed E-state index contributed by atoms with van der Waals surface area (Å²) in [5.74, 6) is 0.751. The van der Waals surface area contributed by atoms with Crippen molar-refractivity contribution in [2.45, 2.75) is 25.8 Å². The van der Waals surface area contributed by atoms with Gasteiger partial charge in [-0.1, -0.05) is 6.92 Å². The lowest BCUT2D eigenvalue weighted by Crippen LogP contribution is -2.40. The highest BCUT2D eigenvalue weighted by molar-refractivity contribution is 5.98. The van der Waals surface area contributed by atoms with E-state index in [1.807, 2.05) is 24.3 Å². The number of nitrogens with one attached hydrogen (secondary N) is 2. The molecule has 1 fully saturated rings. The molecule has 5 heteroatoms. The molecule has 1 aromatic heterocycles. The minimum atomic E-state index is -0.0434. The van der Waals surface area contributed by atoms with Gasteiger partial charge in [-0.2, -0.15) is 0 Å². The number of hydrogen-bond donors (Lipinski definition) is 2. The second kappa shape index (κ2) is 6.40. The number of amides is 1. The van der Waals surface area contributed by atoms with Crippen molar-refractivity contribution in [2.75, 3.05) is 26.7 Å². The number of benzene rings is 1. The van der Waals surface area contributed by atoms with E-state index in [-0.39, 0.29) is 5.91 Å². The fourth-order valence-electron chi connectivity index (χ4n) is 3.21. The lowest BCUT2D eigenvalue weighted by Gasteiger charge is -2.22. The Kier molecular flexibility index (Phi) is 4.34. The van der Waals surface area contributed by atoms with E-state index in [4.69, 9.17) is 4.74 Å². The van der Waals surface area contributed by atoms with Crippen molar-refractivity contribution in [3.8, 4) is 5.75 Å². The van der Waals surface area contributed by atoms with Gasteiger partial charge in [0.25, 0.3) is 5.91 Å². The Bertz CT molecular complexity index is 665. The van der Waals surface area contributed by atoms with Gasteiger partial charge in [0.1, 0.15) is 11.4 Å². The zero-order valence-corrected chi connectivity index (χ0v) is 13.2. The van der Waals surface area contributed by atoms with Crippen molar-refractivity contribution >= 4 is 16.8 Å². The van der Waals surface area contributed by atoms with Gasteiger partial charge >= 0.3 is 0 Å². The van der Waals surface area contributed by atoms with Crippen LogP contribution in [-0.4, -0.2) is 48.6 Å². The van der Waals surface area contributed by atoms with E-state index < -0.39 is 0 Å². The third-order valence-corrected chi connectivity index (χ3v) is 4.48.